The van der Waals surface area contributed by atoms with Crippen LogP contribution in [0.1, 0.15) is 15.9 Å². The normalized spacial score (nSPS) is 10.2. The SMILES string of the molecule is Nc1ccc(Br)cc1C(=O)Cc1ccccc1. The number of carbonyl (C=O) groups excluding carboxylic acids is 1. The maximum atomic E-state index is 12.1. The quantitative estimate of drug-likeness (QED) is 0.695. The number of ketones is 1. The smallest absolute Gasteiger partial charge is 0.169 e. The van der Waals surface area contributed by atoms with Crippen molar-refractivity contribution in [3.8, 4) is 0 Å². The second kappa shape index (κ2) is 5.15. The summed E-state index contributed by atoms with van der Waals surface area (Å²) in [4.78, 5) is 12.1. The van der Waals surface area contributed by atoms with Gasteiger partial charge in [0, 0.05) is 22.1 Å². The highest BCUT2D eigenvalue weighted by Crippen LogP contribution is 2.20. The third kappa shape index (κ3) is 2.94. The molecule has 0 aliphatic rings. The molecule has 0 aliphatic heterocycles. The fourth-order valence-electron chi connectivity index (χ4n) is 1.65. The summed E-state index contributed by atoms with van der Waals surface area (Å²) in [5.41, 5.74) is 7.89. The standard InChI is InChI=1S/C14H12BrNO/c15-11-6-7-13(16)12(9-11)14(17)8-10-4-2-1-3-5-10/h1-7,9H,8,16H2. The fourth-order valence-corrected chi connectivity index (χ4v) is 2.01. The molecular weight excluding hydrogens is 278 g/mol. The number of anilines is 1. The largest absolute Gasteiger partial charge is 0.398 e. The molecule has 0 saturated carbocycles. The van der Waals surface area contributed by atoms with Crippen LogP contribution in [0.15, 0.2) is 53.0 Å². The molecule has 0 amide bonds. The minimum Gasteiger partial charge on any atom is -0.398 e. The summed E-state index contributed by atoms with van der Waals surface area (Å²) in [5.74, 6) is 0.0370. The molecule has 0 unspecified atom stereocenters. The Bertz CT molecular complexity index is 537. The van der Waals surface area contributed by atoms with Crippen LogP contribution in [0.25, 0.3) is 0 Å². The minimum absolute atomic E-state index is 0.0370. The molecule has 0 radical (unpaired) electrons. The molecule has 0 heterocycles. The van der Waals surface area contributed by atoms with Gasteiger partial charge in [-0.15, -0.1) is 0 Å². The minimum atomic E-state index is 0.0370. The average molecular weight is 290 g/mol. The molecule has 0 aromatic heterocycles. The Morgan fingerprint density at radius 1 is 1.12 bits per heavy atom. The lowest BCUT2D eigenvalue weighted by molar-refractivity contribution is 0.0994. The number of hydrogen-bond acceptors (Lipinski definition) is 2. The molecule has 2 N–H and O–H groups in total. The van der Waals surface area contributed by atoms with Crippen LogP contribution in [-0.2, 0) is 6.42 Å². The third-order valence-electron chi connectivity index (χ3n) is 2.52. The van der Waals surface area contributed by atoms with Crippen LogP contribution in [0.4, 0.5) is 5.69 Å². The zero-order valence-electron chi connectivity index (χ0n) is 9.19. The summed E-state index contributed by atoms with van der Waals surface area (Å²) in [6.07, 6.45) is 0.376. The van der Waals surface area contributed by atoms with Gasteiger partial charge in [-0.25, -0.2) is 0 Å². The van der Waals surface area contributed by atoms with Crippen LogP contribution in [0.5, 0.6) is 0 Å². The van der Waals surface area contributed by atoms with Crippen molar-refractivity contribution in [3.05, 3.63) is 64.1 Å². The van der Waals surface area contributed by atoms with Crippen LogP contribution >= 0.6 is 15.9 Å². The van der Waals surface area contributed by atoms with Crippen molar-refractivity contribution in [2.24, 2.45) is 0 Å². The summed E-state index contributed by atoms with van der Waals surface area (Å²) in [6.45, 7) is 0. The molecule has 0 fully saturated rings. The van der Waals surface area contributed by atoms with Crippen molar-refractivity contribution in [1.82, 2.24) is 0 Å². The number of rotatable bonds is 3. The van der Waals surface area contributed by atoms with Crippen molar-refractivity contribution in [3.63, 3.8) is 0 Å². The summed E-state index contributed by atoms with van der Waals surface area (Å²) in [5, 5.41) is 0. The van der Waals surface area contributed by atoms with E-state index in [0.29, 0.717) is 17.7 Å². The van der Waals surface area contributed by atoms with Gasteiger partial charge in [0.15, 0.2) is 5.78 Å². The first-order valence-corrected chi connectivity index (χ1v) is 6.08. The Hall–Kier alpha value is -1.61. The Kier molecular flexibility index (Phi) is 3.59. The van der Waals surface area contributed by atoms with E-state index in [9.17, 15) is 4.79 Å². The number of Topliss-reactive ketones (excluding diaryl/α,β-unsaturated/α-hetero) is 1. The van der Waals surface area contributed by atoms with Gasteiger partial charge in [-0.2, -0.15) is 0 Å². The zero-order chi connectivity index (χ0) is 12.3. The van der Waals surface area contributed by atoms with Gasteiger partial charge in [0.2, 0.25) is 0 Å². The predicted octanol–water partition coefficient (Wildman–Crippen LogP) is 3.46. The second-order valence-electron chi connectivity index (χ2n) is 3.82. The number of benzene rings is 2. The molecule has 0 aliphatic carbocycles. The van der Waals surface area contributed by atoms with Crippen molar-refractivity contribution in [2.45, 2.75) is 6.42 Å². The Morgan fingerprint density at radius 2 is 1.82 bits per heavy atom. The highest BCUT2D eigenvalue weighted by molar-refractivity contribution is 9.10. The van der Waals surface area contributed by atoms with Crippen molar-refractivity contribution >= 4 is 27.4 Å². The molecule has 2 aromatic rings. The van der Waals surface area contributed by atoms with E-state index in [4.69, 9.17) is 5.73 Å². The number of carbonyl (C=O) groups is 1. The lowest BCUT2D eigenvalue weighted by Gasteiger charge is -2.05. The van der Waals surface area contributed by atoms with E-state index >= 15 is 0 Å². The molecular formula is C14H12BrNO. The van der Waals surface area contributed by atoms with Crippen molar-refractivity contribution in [1.29, 1.82) is 0 Å². The third-order valence-corrected chi connectivity index (χ3v) is 3.02. The van der Waals surface area contributed by atoms with E-state index in [1.54, 1.807) is 12.1 Å². The summed E-state index contributed by atoms with van der Waals surface area (Å²) in [7, 11) is 0. The number of hydrogen-bond donors (Lipinski definition) is 1. The van der Waals surface area contributed by atoms with Gasteiger partial charge < -0.3 is 5.73 Å². The first-order valence-electron chi connectivity index (χ1n) is 5.29. The van der Waals surface area contributed by atoms with Crippen LogP contribution in [-0.4, -0.2) is 5.78 Å². The molecule has 0 saturated heterocycles. The van der Waals surface area contributed by atoms with E-state index in [1.165, 1.54) is 0 Å². The molecule has 2 rings (SSSR count). The Labute approximate surface area is 109 Å². The molecule has 0 spiro atoms. The topological polar surface area (TPSA) is 43.1 Å². The van der Waals surface area contributed by atoms with Crippen molar-refractivity contribution in [2.75, 3.05) is 5.73 Å². The van der Waals surface area contributed by atoms with E-state index < -0.39 is 0 Å². The van der Waals surface area contributed by atoms with Gasteiger partial charge in [0.25, 0.3) is 0 Å². The molecule has 3 heteroatoms. The van der Waals surface area contributed by atoms with Gasteiger partial charge in [-0.1, -0.05) is 46.3 Å². The highest BCUT2D eigenvalue weighted by Gasteiger charge is 2.10. The Morgan fingerprint density at radius 3 is 2.53 bits per heavy atom. The van der Waals surface area contributed by atoms with Gasteiger partial charge in [0.1, 0.15) is 0 Å². The average Bonchev–Trinajstić information content (AvgIpc) is 2.33. The van der Waals surface area contributed by atoms with Gasteiger partial charge in [0.05, 0.1) is 0 Å². The van der Waals surface area contributed by atoms with Crippen LogP contribution in [0, 0.1) is 0 Å². The van der Waals surface area contributed by atoms with Gasteiger partial charge >= 0.3 is 0 Å². The molecule has 86 valence electrons. The fraction of sp³-hybridized carbons (Fsp3) is 0.0714. The molecule has 0 atom stereocenters. The summed E-state index contributed by atoms with van der Waals surface area (Å²) >= 11 is 3.34. The van der Waals surface area contributed by atoms with E-state index in [1.807, 2.05) is 36.4 Å². The monoisotopic (exact) mass is 289 g/mol. The second-order valence-corrected chi connectivity index (χ2v) is 4.73. The lowest BCUT2D eigenvalue weighted by Crippen LogP contribution is -2.06. The number of nitrogens with two attached hydrogens (primary N) is 1. The van der Waals surface area contributed by atoms with Gasteiger partial charge in [-0.3, -0.25) is 4.79 Å². The first-order chi connectivity index (χ1) is 8.16. The lowest BCUT2D eigenvalue weighted by atomic mass is 10.0. The summed E-state index contributed by atoms with van der Waals surface area (Å²) < 4.78 is 0.864. The number of nitrogen functional groups attached to an aromatic ring is 1. The molecule has 0 bridgehead atoms. The molecule has 2 aromatic carbocycles. The maximum absolute atomic E-state index is 12.1. The van der Waals surface area contributed by atoms with Crippen molar-refractivity contribution < 1.29 is 4.79 Å². The van der Waals surface area contributed by atoms with E-state index in [-0.39, 0.29) is 5.78 Å². The Balaban J connectivity index is 2.23. The highest BCUT2D eigenvalue weighted by atomic mass is 79.9. The van der Waals surface area contributed by atoms with E-state index in [2.05, 4.69) is 15.9 Å². The number of halogens is 1. The van der Waals surface area contributed by atoms with Crippen LogP contribution in [0.2, 0.25) is 0 Å². The predicted molar refractivity (Wildman–Crippen MR) is 73.0 cm³/mol. The van der Waals surface area contributed by atoms with Crippen LogP contribution in [0.3, 0.4) is 0 Å². The first kappa shape index (κ1) is 11.9. The summed E-state index contributed by atoms with van der Waals surface area (Å²) in [6, 6.07) is 15.0. The van der Waals surface area contributed by atoms with Crippen LogP contribution < -0.4 is 5.73 Å². The maximum Gasteiger partial charge on any atom is 0.169 e. The molecule has 2 nitrogen and oxygen atoms in total. The molecule has 17 heavy (non-hydrogen) atoms. The van der Waals surface area contributed by atoms with Gasteiger partial charge in [-0.05, 0) is 23.8 Å². The van der Waals surface area contributed by atoms with E-state index in [0.717, 1.165) is 10.0 Å². The zero-order valence-corrected chi connectivity index (χ0v) is 10.8.